The van der Waals surface area contributed by atoms with E-state index in [0.717, 1.165) is 38.2 Å². The molecule has 0 aliphatic carbocycles. The number of hydrogen-bond donors (Lipinski definition) is 1. The zero-order valence-corrected chi connectivity index (χ0v) is 13.6. The van der Waals surface area contributed by atoms with Crippen LogP contribution < -0.4 is 5.32 Å². The van der Waals surface area contributed by atoms with E-state index in [1.165, 1.54) is 4.88 Å². The summed E-state index contributed by atoms with van der Waals surface area (Å²) in [6.45, 7) is 4.85. The van der Waals surface area contributed by atoms with Crippen LogP contribution in [0.5, 0.6) is 0 Å². The van der Waals surface area contributed by atoms with Crippen molar-refractivity contribution in [2.45, 2.75) is 38.8 Å². The predicted octanol–water partition coefficient (Wildman–Crippen LogP) is 2.37. The van der Waals surface area contributed by atoms with Gasteiger partial charge in [-0.3, -0.25) is 9.69 Å². The average Bonchev–Trinajstić information content (AvgIpc) is 3.11. The number of hydrogen-bond acceptors (Lipinski definition) is 5. The van der Waals surface area contributed by atoms with E-state index in [1.54, 1.807) is 11.3 Å². The van der Waals surface area contributed by atoms with Crippen molar-refractivity contribution in [2.75, 3.05) is 13.1 Å². The van der Waals surface area contributed by atoms with E-state index in [4.69, 9.17) is 4.52 Å². The van der Waals surface area contributed by atoms with Crippen molar-refractivity contribution in [1.82, 2.24) is 15.4 Å². The van der Waals surface area contributed by atoms with Gasteiger partial charge in [-0.05, 0) is 37.8 Å². The van der Waals surface area contributed by atoms with Gasteiger partial charge in [0.15, 0.2) is 0 Å². The Morgan fingerprint density at radius 1 is 1.59 bits per heavy atom. The molecule has 1 unspecified atom stereocenters. The van der Waals surface area contributed by atoms with Crippen LogP contribution in [0.25, 0.3) is 0 Å². The first-order chi connectivity index (χ1) is 10.7. The molecular formula is C16H21N3O2S. The first-order valence-electron chi connectivity index (χ1n) is 7.65. The number of thiophene rings is 1. The Hall–Kier alpha value is -1.66. The molecule has 118 valence electrons. The van der Waals surface area contributed by atoms with Crippen molar-refractivity contribution < 1.29 is 9.32 Å². The van der Waals surface area contributed by atoms with Crippen LogP contribution in [-0.2, 0) is 17.8 Å². The van der Waals surface area contributed by atoms with Gasteiger partial charge in [-0.25, -0.2) is 0 Å². The summed E-state index contributed by atoms with van der Waals surface area (Å²) in [6.07, 6.45) is 2.43. The summed E-state index contributed by atoms with van der Waals surface area (Å²) >= 11 is 1.79. The first-order valence-corrected chi connectivity index (χ1v) is 8.53. The third-order valence-corrected chi connectivity index (χ3v) is 4.70. The standard InChI is InChI=1S/C16H21N3O2S/c1-12-8-14(21-18-12)9-16(20)17-13-4-2-6-19(10-13)11-15-5-3-7-22-15/h3,5,7-8,13H,2,4,6,9-11H2,1H3,(H,17,20). The maximum atomic E-state index is 12.1. The number of likely N-dealkylation sites (tertiary alicyclic amines) is 1. The summed E-state index contributed by atoms with van der Waals surface area (Å²) in [6, 6.07) is 6.29. The number of amides is 1. The molecule has 1 N–H and O–H groups in total. The molecule has 2 aromatic heterocycles. The van der Waals surface area contributed by atoms with Crippen molar-refractivity contribution in [2.24, 2.45) is 0 Å². The van der Waals surface area contributed by atoms with Gasteiger partial charge in [-0.1, -0.05) is 11.2 Å². The number of nitrogens with one attached hydrogen (secondary N) is 1. The number of carbonyl (C=O) groups excluding carboxylic acids is 1. The first kappa shape index (κ1) is 15.2. The smallest absolute Gasteiger partial charge is 0.227 e. The Kier molecular flexibility index (Phi) is 4.90. The molecule has 0 bridgehead atoms. The average molecular weight is 319 g/mol. The van der Waals surface area contributed by atoms with Gasteiger partial charge in [0.1, 0.15) is 5.76 Å². The van der Waals surface area contributed by atoms with Crippen LogP contribution in [0.15, 0.2) is 28.1 Å². The van der Waals surface area contributed by atoms with Crippen molar-refractivity contribution in [1.29, 1.82) is 0 Å². The number of carbonyl (C=O) groups is 1. The predicted molar refractivity (Wildman–Crippen MR) is 85.7 cm³/mol. The lowest BCUT2D eigenvalue weighted by atomic mass is 10.1. The molecule has 1 atom stereocenters. The molecule has 1 amide bonds. The van der Waals surface area contributed by atoms with Gasteiger partial charge in [0.2, 0.25) is 5.91 Å². The van der Waals surface area contributed by atoms with E-state index in [1.807, 2.05) is 13.0 Å². The summed E-state index contributed by atoms with van der Waals surface area (Å²) in [5, 5.41) is 9.04. The topological polar surface area (TPSA) is 58.4 Å². The number of aryl methyl sites for hydroxylation is 1. The van der Waals surface area contributed by atoms with Gasteiger partial charge >= 0.3 is 0 Å². The summed E-state index contributed by atoms with van der Waals surface area (Å²) in [7, 11) is 0. The highest BCUT2D eigenvalue weighted by atomic mass is 32.1. The van der Waals surface area contributed by atoms with Crippen LogP contribution in [0.4, 0.5) is 0 Å². The molecule has 1 aliphatic heterocycles. The quantitative estimate of drug-likeness (QED) is 0.919. The van der Waals surface area contributed by atoms with E-state index in [0.29, 0.717) is 5.76 Å². The highest BCUT2D eigenvalue weighted by Crippen LogP contribution is 2.17. The normalized spacial score (nSPS) is 19.2. The lowest BCUT2D eigenvalue weighted by Crippen LogP contribution is -2.47. The second kappa shape index (κ2) is 7.07. The SMILES string of the molecule is Cc1cc(CC(=O)NC2CCCN(Cc3cccs3)C2)on1. The molecular weight excluding hydrogens is 298 g/mol. The van der Waals surface area contributed by atoms with Crippen molar-refractivity contribution in [3.63, 3.8) is 0 Å². The van der Waals surface area contributed by atoms with Crippen molar-refractivity contribution >= 4 is 17.2 Å². The van der Waals surface area contributed by atoms with Gasteiger partial charge < -0.3 is 9.84 Å². The summed E-state index contributed by atoms with van der Waals surface area (Å²) in [5.41, 5.74) is 0.808. The second-order valence-electron chi connectivity index (χ2n) is 5.83. The van der Waals surface area contributed by atoms with E-state index in [-0.39, 0.29) is 18.4 Å². The highest BCUT2D eigenvalue weighted by Gasteiger charge is 2.22. The third-order valence-electron chi connectivity index (χ3n) is 3.84. The largest absolute Gasteiger partial charge is 0.361 e. The summed E-state index contributed by atoms with van der Waals surface area (Å²) < 4.78 is 5.10. The molecule has 1 fully saturated rings. The van der Waals surface area contributed by atoms with Crippen LogP contribution in [0, 0.1) is 6.92 Å². The maximum Gasteiger partial charge on any atom is 0.227 e. The zero-order valence-electron chi connectivity index (χ0n) is 12.7. The molecule has 3 rings (SSSR count). The van der Waals surface area contributed by atoms with E-state index in [9.17, 15) is 4.79 Å². The Morgan fingerprint density at radius 3 is 3.23 bits per heavy atom. The van der Waals surface area contributed by atoms with Gasteiger partial charge in [0.05, 0.1) is 12.1 Å². The second-order valence-corrected chi connectivity index (χ2v) is 6.86. The minimum Gasteiger partial charge on any atom is -0.361 e. The van der Waals surface area contributed by atoms with Gasteiger partial charge in [-0.2, -0.15) is 0 Å². The molecule has 0 spiro atoms. The highest BCUT2D eigenvalue weighted by molar-refractivity contribution is 7.09. The molecule has 22 heavy (non-hydrogen) atoms. The summed E-state index contributed by atoms with van der Waals surface area (Å²) in [4.78, 5) is 15.9. The Morgan fingerprint density at radius 2 is 2.50 bits per heavy atom. The minimum atomic E-state index is 0.0131. The number of nitrogens with zero attached hydrogens (tertiary/aromatic N) is 2. The van der Waals surface area contributed by atoms with E-state index >= 15 is 0 Å². The molecule has 0 radical (unpaired) electrons. The molecule has 0 aromatic carbocycles. The number of piperidine rings is 1. The lowest BCUT2D eigenvalue weighted by molar-refractivity contribution is -0.121. The van der Waals surface area contributed by atoms with Gasteiger partial charge in [-0.15, -0.1) is 11.3 Å². The number of rotatable bonds is 5. The van der Waals surface area contributed by atoms with Crippen LogP contribution in [0.3, 0.4) is 0 Å². The molecule has 3 heterocycles. The van der Waals surface area contributed by atoms with E-state index in [2.05, 4.69) is 32.9 Å². The van der Waals surface area contributed by atoms with Crippen LogP contribution in [0.1, 0.15) is 29.2 Å². The van der Waals surface area contributed by atoms with Crippen LogP contribution in [0.2, 0.25) is 0 Å². The number of aromatic nitrogens is 1. The maximum absolute atomic E-state index is 12.1. The van der Waals surface area contributed by atoms with Gasteiger partial charge in [0.25, 0.3) is 0 Å². The Labute approximate surface area is 134 Å². The molecule has 2 aromatic rings. The molecule has 1 aliphatic rings. The van der Waals surface area contributed by atoms with Crippen LogP contribution >= 0.6 is 11.3 Å². The lowest BCUT2D eigenvalue weighted by Gasteiger charge is -2.32. The third kappa shape index (κ3) is 4.18. The van der Waals surface area contributed by atoms with E-state index < -0.39 is 0 Å². The molecule has 1 saturated heterocycles. The Balaban J connectivity index is 1.48. The fraction of sp³-hybridized carbons (Fsp3) is 0.500. The molecule has 0 saturated carbocycles. The monoisotopic (exact) mass is 319 g/mol. The Bertz CT molecular complexity index is 609. The van der Waals surface area contributed by atoms with Crippen molar-refractivity contribution in [3.05, 3.63) is 39.9 Å². The summed E-state index contributed by atoms with van der Waals surface area (Å²) in [5.74, 6) is 0.639. The molecule has 5 nitrogen and oxygen atoms in total. The van der Waals surface area contributed by atoms with Gasteiger partial charge in [0, 0.05) is 30.1 Å². The van der Waals surface area contributed by atoms with Crippen molar-refractivity contribution in [3.8, 4) is 0 Å². The zero-order chi connectivity index (χ0) is 15.4. The fourth-order valence-electron chi connectivity index (χ4n) is 2.88. The molecule has 6 heteroatoms. The minimum absolute atomic E-state index is 0.0131. The fourth-order valence-corrected chi connectivity index (χ4v) is 3.62. The van der Waals surface area contributed by atoms with Crippen LogP contribution in [-0.4, -0.2) is 35.1 Å².